The van der Waals surface area contributed by atoms with Crippen LogP contribution in [-0.4, -0.2) is 12.2 Å². The fourth-order valence-corrected chi connectivity index (χ4v) is 3.78. The Morgan fingerprint density at radius 2 is 2.00 bits per heavy atom. The number of halogens is 1. The molecule has 0 saturated heterocycles. The molecule has 1 aliphatic rings. The molecule has 1 N–H and O–H groups in total. The molecular weight excluding hydrogens is 243 g/mol. The van der Waals surface area contributed by atoms with Crippen LogP contribution in [0, 0.1) is 17.2 Å². The van der Waals surface area contributed by atoms with Crippen LogP contribution in [-0.2, 0) is 5.60 Å². The highest BCUT2D eigenvalue weighted by Crippen LogP contribution is 2.50. The largest absolute Gasteiger partial charge is 0.496 e. The Labute approximate surface area is 114 Å². The highest BCUT2D eigenvalue weighted by atomic mass is 19.1. The molecule has 1 fully saturated rings. The number of ether oxygens (including phenoxy) is 1. The summed E-state index contributed by atoms with van der Waals surface area (Å²) >= 11 is 0. The second-order valence-electron chi connectivity index (χ2n) is 6.73. The summed E-state index contributed by atoms with van der Waals surface area (Å²) in [6, 6.07) is 4.37. The van der Waals surface area contributed by atoms with E-state index in [1.54, 1.807) is 13.2 Å². The van der Waals surface area contributed by atoms with E-state index in [4.69, 9.17) is 4.74 Å². The molecular formula is C16H23FO2. The lowest BCUT2D eigenvalue weighted by molar-refractivity contribution is -0.0649. The molecule has 2 atom stereocenters. The minimum atomic E-state index is -1.01. The highest BCUT2D eigenvalue weighted by molar-refractivity contribution is 5.39. The number of rotatable bonds is 2. The van der Waals surface area contributed by atoms with Gasteiger partial charge in [-0.25, -0.2) is 4.39 Å². The molecule has 2 rings (SSSR count). The second-order valence-corrected chi connectivity index (χ2v) is 6.73. The van der Waals surface area contributed by atoms with Crippen molar-refractivity contribution in [3.63, 3.8) is 0 Å². The highest BCUT2D eigenvalue weighted by Gasteiger charge is 2.44. The minimum absolute atomic E-state index is 0.0454. The van der Waals surface area contributed by atoms with E-state index in [9.17, 15) is 9.50 Å². The summed E-state index contributed by atoms with van der Waals surface area (Å²) in [7, 11) is 1.55. The minimum Gasteiger partial charge on any atom is -0.496 e. The van der Waals surface area contributed by atoms with Crippen LogP contribution in [0.2, 0.25) is 0 Å². The SMILES string of the molecule is COc1ccc(F)cc1C1(O)CC(C)CC(C)(C)C1. The van der Waals surface area contributed by atoms with Gasteiger partial charge in [0.05, 0.1) is 12.7 Å². The molecule has 1 aromatic rings. The van der Waals surface area contributed by atoms with Crippen molar-refractivity contribution in [3.05, 3.63) is 29.6 Å². The molecule has 3 heteroatoms. The molecule has 0 amide bonds. The number of hydrogen-bond acceptors (Lipinski definition) is 2. The van der Waals surface area contributed by atoms with E-state index in [2.05, 4.69) is 20.8 Å². The average molecular weight is 266 g/mol. The monoisotopic (exact) mass is 266 g/mol. The Morgan fingerprint density at radius 1 is 1.32 bits per heavy atom. The molecule has 1 aliphatic carbocycles. The molecule has 0 bridgehead atoms. The van der Waals surface area contributed by atoms with Gasteiger partial charge in [0, 0.05) is 5.56 Å². The topological polar surface area (TPSA) is 29.5 Å². The Bertz CT molecular complexity index is 470. The van der Waals surface area contributed by atoms with Gasteiger partial charge in [0.15, 0.2) is 0 Å². The smallest absolute Gasteiger partial charge is 0.125 e. The fourth-order valence-electron chi connectivity index (χ4n) is 3.78. The zero-order valence-electron chi connectivity index (χ0n) is 12.2. The van der Waals surface area contributed by atoms with Crippen LogP contribution in [0.4, 0.5) is 4.39 Å². The van der Waals surface area contributed by atoms with Crippen molar-refractivity contribution in [2.24, 2.45) is 11.3 Å². The number of aliphatic hydroxyl groups is 1. The molecule has 1 aromatic carbocycles. The number of methoxy groups -OCH3 is 1. The molecule has 106 valence electrons. The summed E-state index contributed by atoms with van der Waals surface area (Å²) in [5.74, 6) is 0.635. The first-order valence-electron chi connectivity index (χ1n) is 6.82. The third kappa shape index (κ3) is 2.92. The molecule has 0 aliphatic heterocycles. The first kappa shape index (κ1) is 14.3. The Hall–Kier alpha value is -1.09. The van der Waals surface area contributed by atoms with E-state index in [0.29, 0.717) is 30.1 Å². The van der Waals surface area contributed by atoms with Gasteiger partial charge in [0.25, 0.3) is 0 Å². The normalized spacial score (nSPS) is 30.1. The van der Waals surface area contributed by atoms with Crippen molar-refractivity contribution in [1.82, 2.24) is 0 Å². The predicted molar refractivity (Wildman–Crippen MR) is 73.6 cm³/mol. The predicted octanol–water partition coefficient (Wildman–Crippen LogP) is 3.87. The third-order valence-electron chi connectivity index (χ3n) is 4.02. The average Bonchev–Trinajstić information content (AvgIpc) is 2.25. The van der Waals surface area contributed by atoms with Gasteiger partial charge >= 0.3 is 0 Å². The van der Waals surface area contributed by atoms with E-state index in [1.807, 2.05) is 0 Å². The van der Waals surface area contributed by atoms with Gasteiger partial charge in [-0.3, -0.25) is 0 Å². The number of hydrogen-bond donors (Lipinski definition) is 1. The zero-order valence-corrected chi connectivity index (χ0v) is 12.2. The Morgan fingerprint density at radius 3 is 2.58 bits per heavy atom. The lowest BCUT2D eigenvalue weighted by Crippen LogP contribution is -2.40. The van der Waals surface area contributed by atoms with Crippen LogP contribution in [0.1, 0.15) is 45.6 Å². The van der Waals surface area contributed by atoms with Gasteiger partial charge in [-0.05, 0) is 48.8 Å². The van der Waals surface area contributed by atoms with Crippen molar-refractivity contribution >= 4 is 0 Å². The number of benzene rings is 1. The van der Waals surface area contributed by atoms with Gasteiger partial charge in [-0.15, -0.1) is 0 Å². The van der Waals surface area contributed by atoms with Crippen LogP contribution in [0.5, 0.6) is 5.75 Å². The lowest BCUT2D eigenvalue weighted by Gasteiger charge is -2.45. The summed E-state index contributed by atoms with van der Waals surface area (Å²) in [6.45, 7) is 6.44. The van der Waals surface area contributed by atoms with E-state index in [1.165, 1.54) is 12.1 Å². The Balaban J connectivity index is 2.46. The fraction of sp³-hybridized carbons (Fsp3) is 0.625. The summed E-state index contributed by atoms with van der Waals surface area (Å²) in [5, 5.41) is 11.0. The molecule has 1 saturated carbocycles. The van der Waals surface area contributed by atoms with Crippen molar-refractivity contribution in [2.45, 2.75) is 45.6 Å². The van der Waals surface area contributed by atoms with Gasteiger partial charge in [0.2, 0.25) is 0 Å². The zero-order chi connectivity index (χ0) is 14.3. The standard InChI is InChI=1S/C16H23FO2/c1-11-8-15(2,3)10-16(18,9-11)13-7-12(17)5-6-14(13)19-4/h5-7,11,18H,8-10H2,1-4H3. The maximum Gasteiger partial charge on any atom is 0.125 e. The van der Waals surface area contributed by atoms with Crippen LogP contribution in [0.15, 0.2) is 18.2 Å². The molecule has 0 aromatic heterocycles. The maximum absolute atomic E-state index is 13.5. The van der Waals surface area contributed by atoms with Gasteiger partial charge < -0.3 is 9.84 Å². The molecule has 19 heavy (non-hydrogen) atoms. The second kappa shape index (κ2) is 4.78. The van der Waals surface area contributed by atoms with E-state index < -0.39 is 5.60 Å². The van der Waals surface area contributed by atoms with Crippen molar-refractivity contribution in [3.8, 4) is 5.75 Å². The lowest BCUT2D eigenvalue weighted by atomic mass is 9.64. The van der Waals surface area contributed by atoms with E-state index in [-0.39, 0.29) is 11.2 Å². The van der Waals surface area contributed by atoms with Crippen molar-refractivity contribution in [2.75, 3.05) is 7.11 Å². The van der Waals surface area contributed by atoms with E-state index >= 15 is 0 Å². The summed E-state index contributed by atoms with van der Waals surface area (Å²) in [6.07, 6.45) is 2.35. The van der Waals surface area contributed by atoms with Crippen LogP contribution < -0.4 is 4.74 Å². The van der Waals surface area contributed by atoms with Crippen LogP contribution >= 0.6 is 0 Å². The first-order valence-corrected chi connectivity index (χ1v) is 6.82. The summed E-state index contributed by atoms with van der Waals surface area (Å²) < 4.78 is 18.8. The molecule has 2 nitrogen and oxygen atoms in total. The maximum atomic E-state index is 13.5. The molecule has 0 radical (unpaired) electrons. The van der Waals surface area contributed by atoms with Crippen molar-refractivity contribution < 1.29 is 14.2 Å². The van der Waals surface area contributed by atoms with Gasteiger partial charge in [-0.2, -0.15) is 0 Å². The van der Waals surface area contributed by atoms with Gasteiger partial charge in [0.1, 0.15) is 11.6 Å². The third-order valence-corrected chi connectivity index (χ3v) is 4.02. The van der Waals surface area contributed by atoms with Crippen molar-refractivity contribution in [1.29, 1.82) is 0 Å². The Kier molecular flexibility index (Phi) is 3.61. The first-order chi connectivity index (χ1) is 8.76. The van der Waals surface area contributed by atoms with Crippen LogP contribution in [0.3, 0.4) is 0 Å². The summed E-state index contributed by atoms with van der Waals surface area (Å²) in [5.41, 5.74) is -0.382. The quantitative estimate of drug-likeness (QED) is 0.880. The molecule has 2 unspecified atom stereocenters. The van der Waals surface area contributed by atoms with E-state index in [0.717, 1.165) is 6.42 Å². The van der Waals surface area contributed by atoms with Crippen LogP contribution in [0.25, 0.3) is 0 Å². The summed E-state index contributed by atoms with van der Waals surface area (Å²) in [4.78, 5) is 0. The van der Waals surface area contributed by atoms with Gasteiger partial charge in [-0.1, -0.05) is 20.8 Å². The molecule has 0 spiro atoms. The molecule has 0 heterocycles.